The fraction of sp³-hybridized carbons (Fsp3) is 0.391. The van der Waals surface area contributed by atoms with E-state index in [-0.39, 0.29) is 38.1 Å². The van der Waals surface area contributed by atoms with Crippen molar-refractivity contribution in [3.63, 3.8) is 0 Å². The lowest BCUT2D eigenvalue weighted by Crippen LogP contribution is -2.24. The molecule has 1 fully saturated rings. The second-order valence-corrected chi connectivity index (χ2v) is 9.28. The summed E-state index contributed by atoms with van der Waals surface area (Å²) < 4.78 is 45.2. The second kappa shape index (κ2) is 14.0. The summed E-state index contributed by atoms with van der Waals surface area (Å²) in [4.78, 5) is 12.3. The Morgan fingerprint density at radius 2 is 2.06 bits per heavy atom. The van der Waals surface area contributed by atoms with E-state index in [9.17, 15) is 17.6 Å². The topological polar surface area (TPSA) is 108 Å². The van der Waals surface area contributed by atoms with E-state index in [0.29, 0.717) is 13.0 Å². The zero-order chi connectivity index (χ0) is 23.6. The van der Waals surface area contributed by atoms with Crippen LogP contribution in [0.25, 0.3) is 0 Å². The molecule has 2 N–H and O–H groups in total. The third kappa shape index (κ3) is 9.14. The molecule has 7 nitrogen and oxygen atoms in total. The second-order valence-electron chi connectivity index (χ2n) is 7.51. The quantitative estimate of drug-likeness (QED) is 0.600. The van der Waals surface area contributed by atoms with E-state index in [1.165, 1.54) is 49.2 Å². The summed E-state index contributed by atoms with van der Waals surface area (Å²) in [6.07, 6.45) is 3.27. The minimum absolute atomic E-state index is 0. The zero-order valence-corrected chi connectivity index (χ0v) is 20.5. The van der Waals surface area contributed by atoms with Gasteiger partial charge in [-0.1, -0.05) is 19.9 Å². The van der Waals surface area contributed by atoms with Gasteiger partial charge in [0.05, 0.1) is 10.5 Å². The first-order valence-electron chi connectivity index (χ1n) is 10.4. The molecule has 0 saturated carbocycles. The number of halogens is 1. The maximum absolute atomic E-state index is 13.3. The average Bonchev–Trinajstić information content (AvgIpc) is 2.80. The maximum Gasteiger partial charge on any atom is 0.255 e. The first-order valence-corrected chi connectivity index (χ1v) is 11.9. The van der Waals surface area contributed by atoms with Gasteiger partial charge in [0, 0.05) is 33.9 Å². The highest BCUT2D eigenvalue weighted by Crippen LogP contribution is 2.17. The van der Waals surface area contributed by atoms with Gasteiger partial charge in [-0.05, 0) is 61.6 Å². The molecular weight excluding hydrogens is 465 g/mol. The van der Waals surface area contributed by atoms with Crippen molar-refractivity contribution in [1.29, 1.82) is 5.26 Å². The summed E-state index contributed by atoms with van der Waals surface area (Å²) in [5.74, 6) is -0.438. The molecule has 0 radical (unpaired) electrons. The van der Waals surface area contributed by atoms with Gasteiger partial charge in [-0.15, -0.1) is 0 Å². The number of hydrogen-bond acceptors (Lipinski definition) is 5. The molecule has 1 aliphatic rings. The van der Waals surface area contributed by atoms with Crippen molar-refractivity contribution < 1.29 is 25.2 Å². The molecule has 10 heteroatoms. The van der Waals surface area contributed by atoms with Gasteiger partial charge in [0.25, 0.3) is 5.91 Å². The fourth-order valence-corrected chi connectivity index (χ4v) is 4.10. The summed E-state index contributed by atoms with van der Waals surface area (Å²) in [7, 11) is -3.69. The molecule has 1 amide bonds. The molecule has 0 spiro atoms. The zero-order valence-electron chi connectivity index (χ0n) is 18.7. The number of sulfonamides is 1. The molecule has 0 aliphatic carbocycles. The van der Waals surface area contributed by atoms with Gasteiger partial charge >= 0.3 is 0 Å². The Hall–Kier alpha value is -2.45. The Balaban J connectivity index is 0. The predicted molar refractivity (Wildman–Crippen MR) is 135 cm³/mol. The van der Waals surface area contributed by atoms with Crippen LogP contribution in [0.2, 0.25) is 0 Å². The summed E-state index contributed by atoms with van der Waals surface area (Å²) in [6, 6.07) is 10.8. The first kappa shape index (κ1) is 28.6. The average molecular weight is 500 g/mol. The standard InChI is InChI=1S/C17H16FN3O3S.C6H12O.H2S.2H2/c1-2-8-20-25(23,24)15-5-3-4-12(10-15)17(22)21-14-6-7-16(18)13(9-14)11-19;1-6-3-2-4-7-5-6;;;/h3-7,9-10,20H,2,8H2,1H3,(H,21,22);6H,2-5H2,1H3;1H2;2*1H. The van der Waals surface area contributed by atoms with Gasteiger partial charge in [-0.2, -0.15) is 18.8 Å². The van der Waals surface area contributed by atoms with E-state index in [2.05, 4.69) is 17.0 Å². The lowest BCUT2D eigenvalue weighted by atomic mass is 10.1. The highest BCUT2D eigenvalue weighted by Gasteiger charge is 2.16. The van der Waals surface area contributed by atoms with Gasteiger partial charge in [0.2, 0.25) is 10.0 Å². The van der Waals surface area contributed by atoms with Gasteiger partial charge in [-0.3, -0.25) is 4.79 Å². The Kier molecular flexibility index (Phi) is 12.1. The van der Waals surface area contributed by atoms with Gasteiger partial charge in [-0.25, -0.2) is 17.5 Å². The number of carbonyl (C=O) groups excluding carboxylic acids is 1. The van der Waals surface area contributed by atoms with Crippen LogP contribution >= 0.6 is 13.5 Å². The SMILES string of the molecule is CC1CCCOC1.CCCNS(=O)(=O)c1cccc(C(=O)Nc2ccc(F)c(C#N)c2)c1.S.[HH].[HH]. The van der Waals surface area contributed by atoms with Crippen molar-refractivity contribution in [3.8, 4) is 6.07 Å². The molecule has 1 atom stereocenters. The molecule has 2 aromatic rings. The van der Waals surface area contributed by atoms with E-state index in [1.54, 1.807) is 6.07 Å². The van der Waals surface area contributed by atoms with Crippen LogP contribution < -0.4 is 10.0 Å². The minimum Gasteiger partial charge on any atom is -0.381 e. The molecular formula is C23H34FN3O4S2. The molecule has 0 aromatic heterocycles. The van der Waals surface area contributed by atoms with Crippen LogP contribution in [0.3, 0.4) is 0 Å². The number of hydrogen-bond donors (Lipinski definition) is 2. The third-order valence-electron chi connectivity index (χ3n) is 4.68. The molecule has 33 heavy (non-hydrogen) atoms. The number of rotatable bonds is 6. The highest BCUT2D eigenvalue weighted by molar-refractivity contribution is 7.89. The van der Waals surface area contributed by atoms with E-state index >= 15 is 0 Å². The Morgan fingerprint density at radius 3 is 2.64 bits per heavy atom. The number of amides is 1. The van der Waals surface area contributed by atoms with Crippen LogP contribution in [0.4, 0.5) is 10.1 Å². The summed E-state index contributed by atoms with van der Waals surface area (Å²) in [5.41, 5.74) is 0.167. The van der Waals surface area contributed by atoms with Crippen molar-refractivity contribution in [2.24, 2.45) is 5.92 Å². The largest absolute Gasteiger partial charge is 0.381 e. The van der Waals surface area contributed by atoms with Crippen LogP contribution in [-0.2, 0) is 14.8 Å². The maximum atomic E-state index is 13.3. The van der Waals surface area contributed by atoms with E-state index < -0.39 is 21.7 Å². The number of anilines is 1. The summed E-state index contributed by atoms with van der Waals surface area (Å²) in [6.45, 7) is 6.35. The van der Waals surface area contributed by atoms with E-state index in [4.69, 9.17) is 10.00 Å². The Bertz CT molecular complexity index is 1080. The van der Waals surface area contributed by atoms with Crippen molar-refractivity contribution in [2.45, 2.75) is 38.0 Å². The lowest BCUT2D eigenvalue weighted by Gasteiger charge is -2.16. The van der Waals surface area contributed by atoms with Crippen LogP contribution in [-0.4, -0.2) is 34.1 Å². The van der Waals surface area contributed by atoms with Crippen LogP contribution in [0.1, 0.15) is 51.9 Å². The van der Waals surface area contributed by atoms with Crippen LogP contribution in [0.15, 0.2) is 47.4 Å². The molecule has 1 unspecified atom stereocenters. The monoisotopic (exact) mass is 499 g/mol. The van der Waals surface area contributed by atoms with Crippen molar-refractivity contribution in [1.82, 2.24) is 4.72 Å². The molecule has 184 valence electrons. The highest BCUT2D eigenvalue weighted by atomic mass is 32.2. The molecule has 1 saturated heterocycles. The number of nitriles is 1. The number of benzene rings is 2. The summed E-state index contributed by atoms with van der Waals surface area (Å²) >= 11 is 0. The lowest BCUT2D eigenvalue weighted by molar-refractivity contribution is 0.0616. The molecule has 0 bridgehead atoms. The molecule has 2 aromatic carbocycles. The van der Waals surface area contributed by atoms with Crippen LogP contribution in [0.5, 0.6) is 0 Å². The normalized spacial score (nSPS) is 15.3. The van der Waals surface area contributed by atoms with Crippen molar-refractivity contribution in [3.05, 3.63) is 59.4 Å². The number of ether oxygens (including phenoxy) is 1. The Morgan fingerprint density at radius 1 is 1.30 bits per heavy atom. The molecule has 3 rings (SSSR count). The smallest absolute Gasteiger partial charge is 0.255 e. The first-order chi connectivity index (χ1) is 15.3. The Labute approximate surface area is 204 Å². The van der Waals surface area contributed by atoms with E-state index in [1.807, 2.05) is 6.92 Å². The minimum atomic E-state index is -3.69. The fourth-order valence-electron chi connectivity index (χ4n) is 2.92. The van der Waals surface area contributed by atoms with Crippen molar-refractivity contribution >= 4 is 35.1 Å². The predicted octanol–water partition coefficient (Wildman–Crippen LogP) is 4.68. The van der Waals surface area contributed by atoms with Gasteiger partial charge in [0.15, 0.2) is 0 Å². The molecule has 1 heterocycles. The van der Waals surface area contributed by atoms with Crippen molar-refractivity contribution in [2.75, 3.05) is 25.1 Å². The van der Waals surface area contributed by atoms with Gasteiger partial charge < -0.3 is 10.1 Å². The summed E-state index contributed by atoms with van der Waals surface area (Å²) in [5, 5.41) is 11.3. The molecule has 1 aliphatic heterocycles. The number of nitrogens with zero attached hydrogens (tertiary/aromatic N) is 1. The van der Waals surface area contributed by atoms with Gasteiger partial charge in [0.1, 0.15) is 11.9 Å². The number of nitrogens with one attached hydrogen (secondary N) is 2. The third-order valence-corrected chi connectivity index (χ3v) is 6.14. The number of carbonyl (C=O) groups is 1. The van der Waals surface area contributed by atoms with E-state index in [0.717, 1.165) is 25.2 Å². The van der Waals surface area contributed by atoms with Crippen LogP contribution in [0, 0.1) is 23.1 Å².